The summed E-state index contributed by atoms with van der Waals surface area (Å²) in [6.07, 6.45) is 3.68. The predicted octanol–water partition coefficient (Wildman–Crippen LogP) is 2.47. The first-order valence-electron chi connectivity index (χ1n) is 13.4. The number of amides is 3. The van der Waals surface area contributed by atoms with Gasteiger partial charge >= 0.3 is 5.97 Å². The minimum Gasteiger partial charge on any atom is -0.451 e. The van der Waals surface area contributed by atoms with Gasteiger partial charge in [0.1, 0.15) is 12.1 Å². The van der Waals surface area contributed by atoms with Crippen LogP contribution in [-0.4, -0.2) is 58.4 Å². The lowest BCUT2D eigenvalue weighted by Gasteiger charge is -2.35. The summed E-state index contributed by atoms with van der Waals surface area (Å²) in [7, 11) is 0. The molecule has 2 aliphatic rings. The molecule has 4 rings (SSSR count). The van der Waals surface area contributed by atoms with Crippen LogP contribution < -0.4 is 16.1 Å². The van der Waals surface area contributed by atoms with E-state index in [9.17, 15) is 19.2 Å². The van der Waals surface area contributed by atoms with Crippen LogP contribution in [0.15, 0.2) is 36.4 Å². The standard InChI is InChI=1S/C29H37N5O5/c1-17(2)24-26(36)31-18(3)27(37)34-14-6-7-22(33-34)25(35)30-16-21-11-10-20-9-8-19(15-23(20)32-21)12-13-29(4,5)28(38)39-24/h8-13,15,17-18,22,24,33H,6-7,14,16H2,1-5H3,(H,30,35)(H,31,36). The fourth-order valence-electron chi connectivity index (χ4n) is 4.54. The van der Waals surface area contributed by atoms with Gasteiger partial charge in [-0.15, -0.1) is 0 Å². The summed E-state index contributed by atoms with van der Waals surface area (Å²) in [5, 5.41) is 7.93. The Labute approximate surface area is 228 Å². The monoisotopic (exact) mass is 535 g/mol. The Balaban J connectivity index is 1.67. The van der Waals surface area contributed by atoms with Crippen LogP contribution in [0.2, 0.25) is 0 Å². The van der Waals surface area contributed by atoms with E-state index in [2.05, 4.69) is 16.1 Å². The van der Waals surface area contributed by atoms with E-state index in [1.807, 2.05) is 36.4 Å². The third-order valence-corrected chi connectivity index (χ3v) is 7.03. The molecule has 39 heavy (non-hydrogen) atoms. The van der Waals surface area contributed by atoms with Crippen molar-refractivity contribution in [3.63, 3.8) is 0 Å². The van der Waals surface area contributed by atoms with Gasteiger partial charge in [0.15, 0.2) is 6.10 Å². The second-order valence-corrected chi connectivity index (χ2v) is 11.1. The van der Waals surface area contributed by atoms with Gasteiger partial charge in [-0.25, -0.2) is 5.43 Å². The molecule has 1 saturated heterocycles. The van der Waals surface area contributed by atoms with Crippen LogP contribution in [0.5, 0.6) is 0 Å². The number of hydrogen-bond donors (Lipinski definition) is 3. The van der Waals surface area contributed by atoms with Gasteiger partial charge in [-0.3, -0.25) is 29.2 Å². The highest BCUT2D eigenvalue weighted by Crippen LogP contribution is 2.25. The molecular formula is C29H37N5O5. The van der Waals surface area contributed by atoms with Gasteiger partial charge in [-0.1, -0.05) is 44.2 Å². The van der Waals surface area contributed by atoms with Crippen molar-refractivity contribution in [1.82, 2.24) is 26.1 Å². The van der Waals surface area contributed by atoms with Crippen molar-refractivity contribution in [3.05, 3.63) is 47.7 Å². The van der Waals surface area contributed by atoms with Crippen LogP contribution in [0.25, 0.3) is 17.0 Å². The maximum absolute atomic E-state index is 13.2. The number of nitrogens with zero attached hydrogens (tertiary/aromatic N) is 2. The van der Waals surface area contributed by atoms with Gasteiger partial charge < -0.3 is 15.4 Å². The van der Waals surface area contributed by atoms with E-state index in [1.165, 1.54) is 5.01 Å². The fraction of sp³-hybridized carbons (Fsp3) is 0.483. The summed E-state index contributed by atoms with van der Waals surface area (Å²) >= 11 is 0. The highest BCUT2D eigenvalue weighted by molar-refractivity contribution is 5.91. The number of carbonyl (C=O) groups excluding carboxylic acids is 4. The molecule has 0 saturated carbocycles. The lowest BCUT2D eigenvalue weighted by atomic mass is 9.92. The lowest BCUT2D eigenvalue weighted by Crippen LogP contribution is -2.61. The van der Waals surface area contributed by atoms with Gasteiger partial charge in [-0.2, -0.15) is 0 Å². The predicted molar refractivity (Wildman–Crippen MR) is 147 cm³/mol. The number of rotatable bonds is 1. The Morgan fingerprint density at radius 3 is 2.56 bits per heavy atom. The normalized spacial score (nSPS) is 24.9. The third kappa shape index (κ3) is 6.62. The van der Waals surface area contributed by atoms with Gasteiger partial charge in [0.2, 0.25) is 5.91 Å². The van der Waals surface area contributed by atoms with Crippen LogP contribution >= 0.6 is 0 Å². The highest BCUT2D eigenvalue weighted by atomic mass is 16.5. The molecule has 5 bridgehead atoms. The van der Waals surface area contributed by atoms with Crippen molar-refractivity contribution in [1.29, 1.82) is 0 Å². The first-order valence-corrected chi connectivity index (χ1v) is 13.4. The Kier molecular flexibility index (Phi) is 8.34. The van der Waals surface area contributed by atoms with E-state index in [1.54, 1.807) is 40.7 Å². The summed E-state index contributed by atoms with van der Waals surface area (Å²) in [4.78, 5) is 57.0. The zero-order valence-electron chi connectivity index (χ0n) is 23.1. The molecule has 1 aromatic carbocycles. The van der Waals surface area contributed by atoms with E-state index < -0.39 is 35.5 Å². The minimum absolute atomic E-state index is 0.234. The van der Waals surface area contributed by atoms with Crippen LogP contribution in [-0.2, 0) is 30.5 Å². The molecule has 208 valence electrons. The molecule has 3 amide bonds. The van der Waals surface area contributed by atoms with Gasteiger partial charge in [0.05, 0.1) is 23.2 Å². The Morgan fingerprint density at radius 1 is 1.08 bits per heavy atom. The van der Waals surface area contributed by atoms with Crippen molar-refractivity contribution in [2.24, 2.45) is 11.3 Å². The Bertz CT molecular complexity index is 1300. The zero-order valence-corrected chi connectivity index (χ0v) is 23.1. The van der Waals surface area contributed by atoms with Crippen molar-refractivity contribution >= 4 is 40.7 Å². The van der Waals surface area contributed by atoms with Crippen LogP contribution in [0.1, 0.15) is 58.7 Å². The van der Waals surface area contributed by atoms with E-state index in [0.29, 0.717) is 25.1 Å². The number of nitrogens with one attached hydrogen (secondary N) is 3. The molecule has 3 N–H and O–H groups in total. The van der Waals surface area contributed by atoms with Crippen molar-refractivity contribution in [2.45, 2.75) is 72.2 Å². The number of hydrogen-bond acceptors (Lipinski definition) is 7. The number of esters is 1. The number of pyridine rings is 1. The van der Waals surface area contributed by atoms with Crippen molar-refractivity contribution in [3.8, 4) is 0 Å². The number of aromatic nitrogens is 1. The molecule has 0 spiro atoms. The Morgan fingerprint density at radius 2 is 1.82 bits per heavy atom. The van der Waals surface area contributed by atoms with Crippen molar-refractivity contribution < 1.29 is 23.9 Å². The summed E-state index contributed by atoms with van der Waals surface area (Å²) < 4.78 is 5.69. The number of ether oxygens (including phenoxy) is 1. The first kappa shape index (κ1) is 28.2. The average molecular weight is 536 g/mol. The summed E-state index contributed by atoms with van der Waals surface area (Å²) in [5.41, 5.74) is 4.29. The first-order chi connectivity index (χ1) is 18.4. The molecule has 1 fully saturated rings. The maximum Gasteiger partial charge on any atom is 0.316 e. The van der Waals surface area contributed by atoms with Crippen LogP contribution in [0, 0.1) is 11.3 Å². The largest absolute Gasteiger partial charge is 0.451 e. The number of hydrazine groups is 1. The third-order valence-electron chi connectivity index (χ3n) is 7.03. The minimum atomic E-state index is -1.08. The van der Waals surface area contributed by atoms with E-state index in [-0.39, 0.29) is 24.3 Å². The topological polar surface area (TPSA) is 130 Å². The van der Waals surface area contributed by atoms with E-state index in [4.69, 9.17) is 9.72 Å². The molecule has 3 atom stereocenters. The molecule has 2 aromatic rings. The molecule has 3 heterocycles. The highest BCUT2D eigenvalue weighted by Gasteiger charge is 2.36. The molecule has 0 aliphatic carbocycles. The maximum atomic E-state index is 13.2. The molecule has 10 nitrogen and oxygen atoms in total. The summed E-state index contributed by atoms with van der Waals surface area (Å²) in [5.74, 6) is -2.03. The average Bonchev–Trinajstić information content (AvgIpc) is 2.91. The van der Waals surface area contributed by atoms with Crippen LogP contribution in [0.3, 0.4) is 0 Å². The quantitative estimate of drug-likeness (QED) is 0.479. The molecule has 0 radical (unpaired) electrons. The number of carbonyl (C=O) groups is 4. The van der Waals surface area contributed by atoms with Gasteiger partial charge in [0, 0.05) is 11.9 Å². The smallest absolute Gasteiger partial charge is 0.316 e. The van der Waals surface area contributed by atoms with E-state index in [0.717, 1.165) is 16.5 Å². The van der Waals surface area contributed by atoms with E-state index >= 15 is 0 Å². The fourth-order valence-corrected chi connectivity index (χ4v) is 4.54. The Hall–Kier alpha value is -3.79. The lowest BCUT2D eigenvalue weighted by molar-refractivity contribution is -0.165. The zero-order chi connectivity index (χ0) is 28.3. The summed E-state index contributed by atoms with van der Waals surface area (Å²) in [6, 6.07) is 8.13. The number of fused-ring (bicyclic) bond motifs is 4. The number of benzene rings is 1. The summed E-state index contributed by atoms with van der Waals surface area (Å²) in [6.45, 7) is 9.22. The number of cyclic esters (lactones) is 1. The SMILES string of the molecule is CC1NC(=O)C(C(C)C)OC(=O)C(C)(C)C=Cc2ccc3ccc(nc3c2)CNC(=O)C2CCCN(N2)C1=O. The molecule has 2 aliphatic heterocycles. The van der Waals surface area contributed by atoms with Gasteiger partial charge in [0.25, 0.3) is 11.8 Å². The molecule has 10 heteroatoms. The van der Waals surface area contributed by atoms with Gasteiger partial charge in [-0.05, 0) is 57.2 Å². The second kappa shape index (κ2) is 11.5. The molecule has 1 aromatic heterocycles. The molecular weight excluding hydrogens is 498 g/mol. The second-order valence-electron chi connectivity index (χ2n) is 11.1. The molecule has 3 unspecified atom stereocenters. The van der Waals surface area contributed by atoms with Crippen molar-refractivity contribution in [2.75, 3.05) is 6.54 Å². The van der Waals surface area contributed by atoms with Crippen LogP contribution in [0.4, 0.5) is 0 Å².